The molecule has 170 valence electrons. The first-order valence-corrected chi connectivity index (χ1v) is 11.5. The number of hydrogen-bond donors (Lipinski definition) is 3. The van der Waals surface area contributed by atoms with Gasteiger partial charge in [0.05, 0.1) is 16.9 Å². The number of amides is 1. The first-order chi connectivity index (χ1) is 16.2. The van der Waals surface area contributed by atoms with Gasteiger partial charge in [0.15, 0.2) is 5.78 Å². The SMILES string of the molecule is O=C1CC(CNC(=O)C2CCOCC2)Cc2[nH]c(-c3ccncc3)c(Nc3ccccc3)c21. The van der Waals surface area contributed by atoms with Crippen molar-refractivity contribution in [2.45, 2.75) is 25.7 Å². The predicted molar refractivity (Wildman–Crippen MR) is 126 cm³/mol. The molecule has 2 aromatic heterocycles. The highest BCUT2D eigenvalue weighted by molar-refractivity contribution is 6.07. The molecule has 1 unspecified atom stereocenters. The lowest BCUT2D eigenvalue weighted by Crippen LogP contribution is -2.38. The number of ketones is 1. The van der Waals surface area contributed by atoms with Crippen LogP contribution in [-0.4, -0.2) is 41.4 Å². The number of carbonyl (C=O) groups is 2. The number of aromatic nitrogens is 2. The molecule has 33 heavy (non-hydrogen) atoms. The van der Waals surface area contributed by atoms with Crippen molar-refractivity contribution in [2.24, 2.45) is 11.8 Å². The molecule has 1 aliphatic carbocycles. The van der Waals surface area contributed by atoms with E-state index < -0.39 is 0 Å². The largest absolute Gasteiger partial charge is 0.381 e. The highest BCUT2D eigenvalue weighted by Crippen LogP contribution is 2.39. The molecule has 1 fully saturated rings. The second-order valence-corrected chi connectivity index (χ2v) is 8.78. The van der Waals surface area contributed by atoms with Crippen molar-refractivity contribution in [3.8, 4) is 11.3 Å². The number of aromatic amines is 1. The van der Waals surface area contributed by atoms with Crippen molar-refractivity contribution in [2.75, 3.05) is 25.1 Å². The summed E-state index contributed by atoms with van der Waals surface area (Å²) < 4.78 is 5.35. The Balaban J connectivity index is 1.38. The Hall–Kier alpha value is -3.45. The lowest BCUT2D eigenvalue weighted by molar-refractivity contribution is -0.128. The van der Waals surface area contributed by atoms with Crippen LogP contribution >= 0.6 is 0 Å². The van der Waals surface area contributed by atoms with E-state index in [1.807, 2.05) is 42.5 Å². The minimum absolute atomic E-state index is 0.0130. The van der Waals surface area contributed by atoms with E-state index in [4.69, 9.17) is 4.74 Å². The molecule has 5 rings (SSSR count). The van der Waals surface area contributed by atoms with Crippen LogP contribution in [0, 0.1) is 11.8 Å². The standard InChI is InChI=1S/C26H28N4O3/c31-22-15-17(16-28-26(32)19-8-12-33-13-9-19)14-21-23(22)25(29-20-4-2-1-3-5-20)24(30-21)18-6-10-27-11-7-18/h1-7,10-11,17,19,29-30H,8-9,12-16H2,(H,28,32). The fourth-order valence-electron chi connectivity index (χ4n) is 4.76. The molecule has 1 atom stereocenters. The van der Waals surface area contributed by atoms with Crippen LogP contribution in [0.25, 0.3) is 11.3 Å². The third-order valence-electron chi connectivity index (χ3n) is 6.49. The van der Waals surface area contributed by atoms with Gasteiger partial charge in [0.25, 0.3) is 0 Å². The van der Waals surface area contributed by atoms with Gasteiger partial charge in [0.2, 0.25) is 5.91 Å². The van der Waals surface area contributed by atoms with Gasteiger partial charge in [-0.1, -0.05) is 18.2 Å². The van der Waals surface area contributed by atoms with Gasteiger partial charge in [-0.2, -0.15) is 0 Å². The number of fused-ring (bicyclic) bond motifs is 1. The Morgan fingerprint density at radius 1 is 1.06 bits per heavy atom. The zero-order chi connectivity index (χ0) is 22.6. The van der Waals surface area contributed by atoms with Crippen LogP contribution in [0.2, 0.25) is 0 Å². The molecule has 1 saturated heterocycles. The van der Waals surface area contributed by atoms with Gasteiger partial charge in [0.1, 0.15) is 0 Å². The Morgan fingerprint density at radius 2 is 1.82 bits per heavy atom. The lowest BCUT2D eigenvalue weighted by Gasteiger charge is -2.25. The average molecular weight is 445 g/mol. The second kappa shape index (κ2) is 9.58. The Kier molecular flexibility index (Phi) is 6.21. The van der Waals surface area contributed by atoms with Gasteiger partial charge in [-0.15, -0.1) is 0 Å². The predicted octanol–water partition coefficient (Wildman–Crippen LogP) is 4.11. The molecule has 0 spiro atoms. The van der Waals surface area contributed by atoms with Gasteiger partial charge in [-0.25, -0.2) is 0 Å². The van der Waals surface area contributed by atoms with Crippen LogP contribution in [0.15, 0.2) is 54.9 Å². The number of nitrogens with one attached hydrogen (secondary N) is 3. The number of para-hydroxylation sites is 1. The quantitative estimate of drug-likeness (QED) is 0.532. The minimum Gasteiger partial charge on any atom is -0.381 e. The van der Waals surface area contributed by atoms with E-state index in [0.29, 0.717) is 32.6 Å². The van der Waals surface area contributed by atoms with E-state index in [1.54, 1.807) is 12.4 Å². The summed E-state index contributed by atoms with van der Waals surface area (Å²) in [5.41, 5.74) is 5.21. The van der Waals surface area contributed by atoms with Crippen molar-refractivity contribution < 1.29 is 14.3 Å². The zero-order valence-corrected chi connectivity index (χ0v) is 18.5. The first-order valence-electron chi connectivity index (χ1n) is 11.5. The van der Waals surface area contributed by atoms with E-state index in [1.165, 1.54) is 0 Å². The Labute approximate surface area is 193 Å². The van der Waals surface area contributed by atoms with Crippen molar-refractivity contribution in [1.82, 2.24) is 15.3 Å². The number of rotatable bonds is 6. The normalized spacial score (nSPS) is 18.5. The first kappa shape index (κ1) is 21.4. The van der Waals surface area contributed by atoms with E-state index in [-0.39, 0.29) is 23.5 Å². The van der Waals surface area contributed by atoms with Crippen molar-refractivity contribution >= 4 is 23.1 Å². The Morgan fingerprint density at radius 3 is 2.58 bits per heavy atom. The molecule has 3 N–H and O–H groups in total. The number of Topliss-reactive ketones (excluding diaryl/α,β-unsaturated/α-hetero) is 1. The summed E-state index contributed by atoms with van der Waals surface area (Å²) in [7, 11) is 0. The van der Waals surface area contributed by atoms with Crippen LogP contribution in [0.1, 0.15) is 35.3 Å². The number of ether oxygens (including phenoxy) is 1. The number of benzene rings is 1. The molecule has 0 bridgehead atoms. The fourth-order valence-corrected chi connectivity index (χ4v) is 4.76. The Bertz CT molecular complexity index is 1120. The van der Waals surface area contributed by atoms with Crippen LogP contribution in [0.3, 0.4) is 0 Å². The third-order valence-corrected chi connectivity index (χ3v) is 6.49. The summed E-state index contributed by atoms with van der Waals surface area (Å²) in [5, 5.41) is 6.55. The van der Waals surface area contributed by atoms with Gasteiger partial charge < -0.3 is 20.4 Å². The van der Waals surface area contributed by atoms with Crippen molar-refractivity contribution in [1.29, 1.82) is 0 Å². The third kappa shape index (κ3) is 4.68. The molecule has 1 amide bonds. The van der Waals surface area contributed by atoms with Gasteiger partial charge in [0, 0.05) is 61.4 Å². The fraction of sp³-hybridized carbons (Fsp3) is 0.346. The van der Waals surface area contributed by atoms with Gasteiger partial charge in [-0.3, -0.25) is 14.6 Å². The summed E-state index contributed by atoms with van der Waals surface area (Å²) in [5.74, 6) is 0.254. The molecule has 7 nitrogen and oxygen atoms in total. The number of hydrogen-bond acceptors (Lipinski definition) is 5. The van der Waals surface area contributed by atoms with Crippen LogP contribution < -0.4 is 10.6 Å². The molecule has 7 heteroatoms. The number of H-pyrrole nitrogens is 1. The van der Waals surface area contributed by atoms with Crippen LogP contribution in [-0.2, 0) is 16.0 Å². The maximum absolute atomic E-state index is 13.3. The summed E-state index contributed by atoms with van der Waals surface area (Å²) in [6.07, 6.45) is 6.15. The molecule has 0 radical (unpaired) electrons. The van der Waals surface area contributed by atoms with Gasteiger partial charge >= 0.3 is 0 Å². The minimum atomic E-state index is 0.0130. The maximum Gasteiger partial charge on any atom is 0.223 e. The highest BCUT2D eigenvalue weighted by atomic mass is 16.5. The monoisotopic (exact) mass is 444 g/mol. The smallest absolute Gasteiger partial charge is 0.223 e. The lowest BCUT2D eigenvalue weighted by atomic mass is 9.86. The molecular formula is C26H28N4O3. The van der Waals surface area contributed by atoms with E-state index >= 15 is 0 Å². The molecular weight excluding hydrogens is 416 g/mol. The van der Waals surface area contributed by atoms with Crippen molar-refractivity contribution in [3.63, 3.8) is 0 Å². The summed E-state index contributed by atoms with van der Waals surface area (Å²) in [6, 6.07) is 13.7. The van der Waals surface area contributed by atoms with E-state index in [9.17, 15) is 9.59 Å². The van der Waals surface area contributed by atoms with E-state index in [0.717, 1.165) is 46.7 Å². The van der Waals surface area contributed by atoms with E-state index in [2.05, 4.69) is 20.6 Å². The number of pyridine rings is 1. The maximum atomic E-state index is 13.3. The van der Waals surface area contributed by atoms with Gasteiger partial charge in [-0.05, 0) is 49.4 Å². The number of nitrogens with zero attached hydrogens (tertiary/aromatic N) is 1. The van der Waals surface area contributed by atoms with Crippen LogP contribution in [0.5, 0.6) is 0 Å². The summed E-state index contributed by atoms with van der Waals surface area (Å²) in [6.45, 7) is 1.79. The summed E-state index contributed by atoms with van der Waals surface area (Å²) in [4.78, 5) is 33.5. The molecule has 3 heterocycles. The topological polar surface area (TPSA) is 96.1 Å². The summed E-state index contributed by atoms with van der Waals surface area (Å²) >= 11 is 0. The highest BCUT2D eigenvalue weighted by Gasteiger charge is 2.32. The molecule has 3 aromatic rings. The van der Waals surface area contributed by atoms with Crippen molar-refractivity contribution in [3.05, 3.63) is 66.1 Å². The average Bonchev–Trinajstić information content (AvgIpc) is 3.23. The second-order valence-electron chi connectivity index (χ2n) is 8.78. The molecule has 1 aliphatic heterocycles. The molecule has 0 saturated carbocycles. The number of carbonyl (C=O) groups excluding carboxylic acids is 2. The zero-order valence-electron chi connectivity index (χ0n) is 18.5. The number of anilines is 2. The molecule has 1 aromatic carbocycles. The molecule has 2 aliphatic rings. The van der Waals surface area contributed by atoms with Crippen LogP contribution in [0.4, 0.5) is 11.4 Å².